The molecular weight excluding hydrogens is 234 g/mol. The van der Waals surface area contributed by atoms with E-state index in [0.717, 1.165) is 12.2 Å². The van der Waals surface area contributed by atoms with Crippen LogP contribution in [0.25, 0.3) is 0 Å². The summed E-state index contributed by atoms with van der Waals surface area (Å²) in [5, 5.41) is 10.7. The molecule has 0 radical (unpaired) electrons. The second-order valence-corrected chi connectivity index (χ2v) is 4.09. The Bertz CT molecular complexity index is 423. The number of ether oxygens (including phenoxy) is 1. The third-order valence-electron chi connectivity index (χ3n) is 2.81. The fourth-order valence-electron chi connectivity index (χ4n) is 1.97. The molecule has 6 heteroatoms. The van der Waals surface area contributed by atoms with Crippen LogP contribution in [0.4, 0.5) is 17.1 Å². The van der Waals surface area contributed by atoms with Crippen molar-refractivity contribution in [2.24, 2.45) is 0 Å². The van der Waals surface area contributed by atoms with Gasteiger partial charge in [-0.2, -0.15) is 0 Å². The van der Waals surface area contributed by atoms with E-state index in [2.05, 4.69) is 4.90 Å². The van der Waals surface area contributed by atoms with Crippen LogP contribution in [0.15, 0.2) is 18.2 Å². The van der Waals surface area contributed by atoms with Crippen LogP contribution in [0.2, 0.25) is 0 Å². The maximum absolute atomic E-state index is 10.7. The maximum atomic E-state index is 10.7. The minimum Gasteiger partial charge on any atom is -0.397 e. The van der Waals surface area contributed by atoms with Crippen LogP contribution in [-0.4, -0.2) is 31.2 Å². The lowest BCUT2D eigenvalue weighted by atomic mass is 10.2. The van der Waals surface area contributed by atoms with Gasteiger partial charge in [-0.1, -0.05) is 0 Å². The first-order chi connectivity index (χ1) is 8.51. The lowest BCUT2D eigenvalue weighted by Crippen LogP contribution is -2.36. The van der Waals surface area contributed by atoms with Gasteiger partial charge in [-0.25, -0.2) is 0 Å². The Morgan fingerprint density at radius 1 is 1.56 bits per heavy atom. The molecule has 0 spiro atoms. The first kappa shape index (κ1) is 14.2. The number of nitrogen functional groups attached to an aromatic ring is 1. The molecule has 0 heterocycles. The lowest BCUT2D eigenvalue weighted by Gasteiger charge is -2.30. The molecular formula is C12H19N3O3. The number of anilines is 2. The van der Waals surface area contributed by atoms with Crippen LogP contribution in [0.3, 0.4) is 0 Å². The molecule has 1 aromatic carbocycles. The predicted molar refractivity (Wildman–Crippen MR) is 71.9 cm³/mol. The van der Waals surface area contributed by atoms with Crippen LogP contribution in [0.1, 0.15) is 13.8 Å². The van der Waals surface area contributed by atoms with E-state index >= 15 is 0 Å². The quantitative estimate of drug-likeness (QED) is 0.476. The van der Waals surface area contributed by atoms with Gasteiger partial charge in [0.15, 0.2) is 0 Å². The number of nitrogens with zero attached hydrogens (tertiary/aromatic N) is 2. The summed E-state index contributed by atoms with van der Waals surface area (Å²) in [4.78, 5) is 12.3. The van der Waals surface area contributed by atoms with E-state index in [0.29, 0.717) is 12.3 Å². The molecule has 0 saturated heterocycles. The van der Waals surface area contributed by atoms with Gasteiger partial charge in [-0.05, 0) is 19.9 Å². The van der Waals surface area contributed by atoms with E-state index in [1.165, 1.54) is 12.1 Å². The number of rotatable bonds is 6. The van der Waals surface area contributed by atoms with Gasteiger partial charge in [-0.15, -0.1) is 0 Å². The highest BCUT2D eigenvalue weighted by Crippen LogP contribution is 2.28. The zero-order chi connectivity index (χ0) is 13.7. The summed E-state index contributed by atoms with van der Waals surface area (Å²) in [6.45, 7) is 5.36. The van der Waals surface area contributed by atoms with Crippen molar-refractivity contribution in [3.05, 3.63) is 28.3 Å². The summed E-state index contributed by atoms with van der Waals surface area (Å²) in [6.07, 6.45) is 0. The number of nitro benzene ring substituents is 1. The summed E-state index contributed by atoms with van der Waals surface area (Å²) < 4.78 is 5.12. The second kappa shape index (κ2) is 6.20. The number of nitro groups is 1. The number of benzene rings is 1. The minimum absolute atomic E-state index is 0.00620. The third-order valence-corrected chi connectivity index (χ3v) is 2.81. The molecule has 6 nitrogen and oxygen atoms in total. The topological polar surface area (TPSA) is 81.6 Å². The fraction of sp³-hybridized carbons (Fsp3) is 0.500. The smallest absolute Gasteiger partial charge is 0.271 e. The summed E-state index contributed by atoms with van der Waals surface area (Å²) in [6, 6.07) is 4.69. The number of non-ortho nitro benzene ring substituents is 1. The fourth-order valence-corrected chi connectivity index (χ4v) is 1.97. The molecule has 0 amide bonds. The van der Waals surface area contributed by atoms with E-state index < -0.39 is 4.92 Å². The van der Waals surface area contributed by atoms with Gasteiger partial charge in [0.05, 0.1) is 22.9 Å². The third kappa shape index (κ3) is 3.10. The summed E-state index contributed by atoms with van der Waals surface area (Å²) in [5.74, 6) is 0. The summed E-state index contributed by atoms with van der Waals surface area (Å²) in [7, 11) is 1.64. The van der Waals surface area contributed by atoms with Crippen molar-refractivity contribution in [2.45, 2.75) is 19.9 Å². The van der Waals surface area contributed by atoms with E-state index in [-0.39, 0.29) is 11.7 Å². The SMILES string of the molecule is CCN(c1ccc([N+](=O)[O-])cc1N)C(C)COC. The van der Waals surface area contributed by atoms with Crippen LogP contribution < -0.4 is 10.6 Å². The zero-order valence-electron chi connectivity index (χ0n) is 10.9. The molecule has 2 N–H and O–H groups in total. The Balaban J connectivity index is 3.03. The molecule has 18 heavy (non-hydrogen) atoms. The molecule has 0 aliphatic rings. The van der Waals surface area contributed by atoms with E-state index in [1.54, 1.807) is 13.2 Å². The molecule has 0 aliphatic carbocycles. The molecule has 0 aromatic heterocycles. The Hall–Kier alpha value is -1.82. The van der Waals surface area contributed by atoms with Crippen molar-refractivity contribution >= 4 is 17.1 Å². The lowest BCUT2D eigenvalue weighted by molar-refractivity contribution is -0.384. The normalized spacial score (nSPS) is 12.2. The number of methoxy groups -OCH3 is 1. The van der Waals surface area contributed by atoms with Gasteiger partial charge >= 0.3 is 0 Å². The van der Waals surface area contributed by atoms with Gasteiger partial charge in [0.2, 0.25) is 0 Å². The molecule has 0 fully saturated rings. The molecule has 1 atom stereocenters. The van der Waals surface area contributed by atoms with E-state index in [1.807, 2.05) is 13.8 Å². The molecule has 1 unspecified atom stereocenters. The van der Waals surface area contributed by atoms with Crippen molar-refractivity contribution in [3.8, 4) is 0 Å². The molecule has 0 saturated carbocycles. The molecule has 1 rings (SSSR count). The highest BCUT2D eigenvalue weighted by Gasteiger charge is 2.17. The van der Waals surface area contributed by atoms with Crippen molar-refractivity contribution in [2.75, 3.05) is 30.9 Å². The highest BCUT2D eigenvalue weighted by molar-refractivity contribution is 5.71. The van der Waals surface area contributed by atoms with Crippen molar-refractivity contribution in [3.63, 3.8) is 0 Å². The molecule has 100 valence electrons. The Kier molecular flexibility index (Phi) is 4.91. The van der Waals surface area contributed by atoms with Gasteiger partial charge in [-0.3, -0.25) is 10.1 Å². The van der Waals surface area contributed by atoms with Crippen molar-refractivity contribution in [1.29, 1.82) is 0 Å². The second-order valence-electron chi connectivity index (χ2n) is 4.09. The maximum Gasteiger partial charge on any atom is 0.271 e. The number of likely N-dealkylation sites (N-methyl/N-ethyl adjacent to an activating group) is 1. The van der Waals surface area contributed by atoms with E-state index in [4.69, 9.17) is 10.5 Å². The summed E-state index contributed by atoms with van der Waals surface area (Å²) in [5.41, 5.74) is 7.10. The van der Waals surface area contributed by atoms with E-state index in [9.17, 15) is 10.1 Å². The Morgan fingerprint density at radius 3 is 2.67 bits per heavy atom. The first-order valence-electron chi connectivity index (χ1n) is 5.80. The average Bonchev–Trinajstić information content (AvgIpc) is 2.32. The Morgan fingerprint density at radius 2 is 2.22 bits per heavy atom. The number of hydrogen-bond acceptors (Lipinski definition) is 5. The monoisotopic (exact) mass is 253 g/mol. The molecule has 0 bridgehead atoms. The number of hydrogen-bond donors (Lipinski definition) is 1. The Labute approximate surface area is 106 Å². The van der Waals surface area contributed by atoms with Crippen molar-refractivity contribution in [1.82, 2.24) is 0 Å². The van der Waals surface area contributed by atoms with Gasteiger partial charge in [0, 0.05) is 31.8 Å². The van der Waals surface area contributed by atoms with Gasteiger partial charge in [0.1, 0.15) is 0 Å². The standard InChI is InChI=1S/C12H19N3O3/c1-4-14(9(2)8-18-3)12-6-5-10(15(16)17)7-11(12)13/h5-7,9H,4,8,13H2,1-3H3. The average molecular weight is 253 g/mol. The van der Waals surface area contributed by atoms with Crippen LogP contribution in [-0.2, 0) is 4.74 Å². The first-order valence-corrected chi connectivity index (χ1v) is 5.80. The summed E-state index contributed by atoms with van der Waals surface area (Å²) >= 11 is 0. The highest BCUT2D eigenvalue weighted by atomic mass is 16.6. The minimum atomic E-state index is -0.449. The van der Waals surface area contributed by atoms with Gasteiger partial charge in [0.25, 0.3) is 5.69 Å². The molecule has 0 aliphatic heterocycles. The van der Waals surface area contributed by atoms with Crippen molar-refractivity contribution < 1.29 is 9.66 Å². The zero-order valence-corrected chi connectivity index (χ0v) is 10.9. The largest absolute Gasteiger partial charge is 0.397 e. The number of nitrogens with two attached hydrogens (primary N) is 1. The van der Waals surface area contributed by atoms with Crippen LogP contribution >= 0.6 is 0 Å². The van der Waals surface area contributed by atoms with Gasteiger partial charge < -0.3 is 15.4 Å². The molecule has 1 aromatic rings. The van der Waals surface area contributed by atoms with Crippen LogP contribution in [0.5, 0.6) is 0 Å². The van der Waals surface area contributed by atoms with Crippen LogP contribution in [0, 0.1) is 10.1 Å². The predicted octanol–water partition coefficient (Wildman–Crippen LogP) is 2.04.